The molecule has 4 aliphatic rings. The molecule has 0 spiro atoms. The average Bonchev–Trinajstić information content (AvgIpc) is 2.88. The van der Waals surface area contributed by atoms with Crippen LogP contribution in [-0.4, -0.2) is 59.9 Å². The number of nitrogens with zero attached hydrogens (tertiary/aromatic N) is 3. The number of methoxy groups -OCH3 is 1. The van der Waals surface area contributed by atoms with Crippen LogP contribution >= 0.6 is 0 Å². The highest BCUT2D eigenvalue weighted by atomic mass is 16.5. The Kier molecular flexibility index (Phi) is 6.99. The largest absolute Gasteiger partial charge is 0.497 e. The first-order valence-corrected chi connectivity index (χ1v) is 12.8. The molecule has 1 amide bonds. The fraction of sp³-hybridized carbons (Fsp3) is 0.593. The third-order valence-electron chi connectivity index (χ3n) is 7.84. The van der Waals surface area contributed by atoms with Crippen LogP contribution in [0.3, 0.4) is 0 Å². The van der Waals surface area contributed by atoms with Gasteiger partial charge >= 0.3 is 6.09 Å². The Balaban J connectivity index is 1.21. The molecule has 6 rings (SSSR count). The van der Waals surface area contributed by atoms with Crippen LogP contribution < -0.4 is 10.1 Å². The van der Waals surface area contributed by atoms with Crippen molar-refractivity contribution < 1.29 is 14.3 Å². The number of amides is 1. The first-order chi connectivity index (χ1) is 16.6. The van der Waals surface area contributed by atoms with E-state index in [1.54, 1.807) is 7.11 Å². The van der Waals surface area contributed by atoms with E-state index in [0.717, 1.165) is 67.3 Å². The Morgan fingerprint density at radius 1 is 1.12 bits per heavy atom. The Hall–Kier alpha value is -2.67. The van der Waals surface area contributed by atoms with E-state index in [1.807, 2.05) is 31.2 Å². The van der Waals surface area contributed by atoms with Crippen LogP contribution in [-0.2, 0) is 4.74 Å². The summed E-state index contributed by atoms with van der Waals surface area (Å²) in [4.78, 5) is 24.3. The van der Waals surface area contributed by atoms with E-state index in [2.05, 4.69) is 16.3 Å². The summed E-state index contributed by atoms with van der Waals surface area (Å²) in [6, 6.07) is 10.8. The number of piperidine rings is 3. The smallest absolute Gasteiger partial charge is 0.407 e. The van der Waals surface area contributed by atoms with Crippen molar-refractivity contribution in [1.82, 2.24) is 20.2 Å². The fourth-order valence-corrected chi connectivity index (χ4v) is 5.96. The SMILES string of the molecule is COc1ccc(-c2cc(C3CN4CCC3CC4COC(=O)NC3CCCCC3)nc(C)n2)cc1. The lowest BCUT2D eigenvalue weighted by molar-refractivity contribution is -0.00403. The zero-order valence-electron chi connectivity index (χ0n) is 20.3. The van der Waals surface area contributed by atoms with E-state index in [0.29, 0.717) is 24.5 Å². The minimum absolute atomic E-state index is 0.248. The second kappa shape index (κ2) is 10.3. The topological polar surface area (TPSA) is 76.6 Å². The molecule has 4 atom stereocenters. The molecule has 182 valence electrons. The molecule has 3 saturated heterocycles. The highest BCUT2D eigenvalue weighted by Crippen LogP contribution is 2.42. The van der Waals surface area contributed by atoms with E-state index in [1.165, 1.54) is 19.3 Å². The molecule has 4 fully saturated rings. The lowest BCUT2D eigenvalue weighted by Crippen LogP contribution is -2.54. The molecule has 4 unspecified atom stereocenters. The van der Waals surface area contributed by atoms with Crippen molar-refractivity contribution in [2.24, 2.45) is 5.92 Å². The number of aryl methyl sites for hydroxylation is 1. The van der Waals surface area contributed by atoms with Gasteiger partial charge in [-0.1, -0.05) is 19.3 Å². The molecular weight excluding hydrogens is 428 g/mol. The van der Waals surface area contributed by atoms with Gasteiger partial charge in [0.2, 0.25) is 0 Å². The summed E-state index contributed by atoms with van der Waals surface area (Å²) < 4.78 is 11.0. The second-order valence-corrected chi connectivity index (χ2v) is 10.1. The Morgan fingerprint density at radius 2 is 1.91 bits per heavy atom. The summed E-state index contributed by atoms with van der Waals surface area (Å²) in [6.45, 7) is 4.47. The van der Waals surface area contributed by atoms with Gasteiger partial charge in [0.1, 0.15) is 18.2 Å². The number of fused-ring (bicyclic) bond motifs is 3. The highest BCUT2D eigenvalue weighted by Gasteiger charge is 2.42. The monoisotopic (exact) mass is 464 g/mol. The number of hydrogen-bond donors (Lipinski definition) is 1. The van der Waals surface area contributed by atoms with Crippen molar-refractivity contribution in [3.05, 3.63) is 41.9 Å². The predicted molar refractivity (Wildman–Crippen MR) is 131 cm³/mol. The van der Waals surface area contributed by atoms with Gasteiger partial charge < -0.3 is 14.8 Å². The van der Waals surface area contributed by atoms with Crippen LogP contribution in [0.15, 0.2) is 30.3 Å². The third-order valence-corrected chi connectivity index (χ3v) is 7.84. The minimum Gasteiger partial charge on any atom is -0.497 e. The molecule has 7 nitrogen and oxygen atoms in total. The van der Waals surface area contributed by atoms with E-state index in [9.17, 15) is 4.79 Å². The minimum atomic E-state index is -0.248. The van der Waals surface area contributed by atoms with Crippen molar-refractivity contribution in [2.45, 2.75) is 69.9 Å². The zero-order chi connectivity index (χ0) is 23.5. The Morgan fingerprint density at radius 3 is 2.62 bits per heavy atom. The van der Waals surface area contributed by atoms with Gasteiger partial charge in [-0.3, -0.25) is 4.90 Å². The van der Waals surface area contributed by atoms with E-state index in [-0.39, 0.29) is 12.1 Å². The summed E-state index contributed by atoms with van der Waals surface area (Å²) in [6.07, 6.45) is 7.79. The average molecular weight is 465 g/mol. The van der Waals surface area contributed by atoms with Crippen LogP contribution in [0.1, 0.15) is 62.4 Å². The van der Waals surface area contributed by atoms with Gasteiger partial charge in [-0.15, -0.1) is 0 Å². The summed E-state index contributed by atoms with van der Waals surface area (Å²) >= 11 is 0. The van der Waals surface area contributed by atoms with Crippen molar-refractivity contribution in [3.63, 3.8) is 0 Å². The number of carbonyl (C=O) groups is 1. The number of carbonyl (C=O) groups excluding carboxylic acids is 1. The predicted octanol–water partition coefficient (Wildman–Crippen LogP) is 4.70. The van der Waals surface area contributed by atoms with Crippen molar-refractivity contribution >= 4 is 6.09 Å². The molecule has 1 N–H and O–H groups in total. The quantitative estimate of drug-likeness (QED) is 0.668. The second-order valence-electron chi connectivity index (χ2n) is 10.1. The maximum atomic E-state index is 12.3. The molecule has 1 aromatic carbocycles. The molecule has 3 aliphatic heterocycles. The third kappa shape index (κ3) is 5.19. The maximum Gasteiger partial charge on any atom is 0.407 e. The van der Waals surface area contributed by atoms with Crippen LogP contribution in [0.4, 0.5) is 4.79 Å². The summed E-state index contributed by atoms with van der Waals surface area (Å²) in [5, 5.41) is 3.07. The molecular formula is C27H36N4O3. The zero-order valence-corrected chi connectivity index (χ0v) is 20.3. The van der Waals surface area contributed by atoms with Crippen LogP contribution in [0, 0.1) is 12.8 Å². The lowest BCUT2D eigenvalue weighted by atomic mass is 9.74. The molecule has 7 heteroatoms. The van der Waals surface area contributed by atoms with E-state index < -0.39 is 0 Å². The summed E-state index contributed by atoms with van der Waals surface area (Å²) in [5.74, 6) is 2.59. The molecule has 2 aromatic rings. The number of alkyl carbamates (subject to hydrolysis) is 1. The molecule has 2 bridgehead atoms. The van der Waals surface area contributed by atoms with E-state index in [4.69, 9.17) is 19.4 Å². The number of benzene rings is 1. The number of aromatic nitrogens is 2. The van der Waals surface area contributed by atoms with Gasteiger partial charge in [-0.2, -0.15) is 0 Å². The van der Waals surface area contributed by atoms with Crippen molar-refractivity contribution in [2.75, 3.05) is 26.8 Å². The number of hydrogen-bond acceptors (Lipinski definition) is 6. The standard InChI is InChI=1S/C27H36N4O3/c1-18-28-25(19-8-10-23(33-2)11-9-19)15-26(29-18)24-16-31-13-12-20(24)14-22(31)17-34-27(32)30-21-6-4-3-5-7-21/h8-11,15,20-22,24H,3-7,12-14,16-17H2,1-2H3,(H,30,32). The Labute approximate surface area is 202 Å². The molecule has 4 heterocycles. The molecule has 1 aliphatic carbocycles. The van der Waals surface area contributed by atoms with Crippen molar-refractivity contribution in [1.29, 1.82) is 0 Å². The van der Waals surface area contributed by atoms with Gasteiger partial charge in [0.25, 0.3) is 0 Å². The normalized spacial score (nSPS) is 26.8. The molecule has 34 heavy (non-hydrogen) atoms. The summed E-state index contributed by atoms with van der Waals surface area (Å²) in [7, 11) is 1.68. The van der Waals surface area contributed by atoms with Gasteiger partial charge in [-0.05, 0) is 75.4 Å². The van der Waals surface area contributed by atoms with Gasteiger partial charge in [0.05, 0.1) is 12.8 Å². The number of ether oxygens (including phenoxy) is 2. The molecule has 1 aromatic heterocycles. The number of nitrogens with one attached hydrogen (secondary N) is 1. The molecule has 1 saturated carbocycles. The maximum absolute atomic E-state index is 12.3. The van der Waals surface area contributed by atoms with Crippen LogP contribution in [0.5, 0.6) is 5.75 Å². The summed E-state index contributed by atoms with van der Waals surface area (Å²) in [5.41, 5.74) is 3.16. The first-order valence-electron chi connectivity index (χ1n) is 12.8. The highest BCUT2D eigenvalue weighted by molar-refractivity contribution is 5.67. The lowest BCUT2D eigenvalue weighted by Gasteiger charge is -2.49. The van der Waals surface area contributed by atoms with E-state index >= 15 is 0 Å². The fourth-order valence-electron chi connectivity index (χ4n) is 5.96. The Bertz CT molecular complexity index is 990. The van der Waals surface area contributed by atoms with Gasteiger partial charge in [0.15, 0.2) is 0 Å². The van der Waals surface area contributed by atoms with Crippen LogP contribution in [0.2, 0.25) is 0 Å². The molecule has 0 radical (unpaired) electrons. The first kappa shape index (κ1) is 23.1. The van der Waals surface area contributed by atoms with Gasteiger partial charge in [0, 0.05) is 35.8 Å². The number of rotatable bonds is 6. The van der Waals surface area contributed by atoms with Gasteiger partial charge in [-0.25, -0.2) is 14.8 Å². The van der Waals surface area contributed by atoms with Crippen LogP contribution in [0.25, 0.3) is 11.3 Å². The van der Waals surface area contributed by atoms with Crippen molar-refractivity contribution in [3.8, 4) is 17.0 Å².